The predicted octanol–water partition coefficient (Wildman–Crippen LogP) is 3.53. The first-order chi connectivity index (χ1) is 8.24. The Kier molecular flexibility index (Phi) is 5.14. The lowest BCUT2D eigenvalue weighted by Crippen LogP contribution is -2.36. The van der Waals surface area contributed by atoms with Gasteiger partial charge in [-0.25, -0.2) is 0 Å². The zero-order valence-electron chi connectivity index (χ0n) is 9.74. The van der Waals surface area contributed by atoms with Gasteiger partial charge in [-0.15, -0.1) is 11.6 Å². The minimum atomic E-state index is 0.372. The first-order valence-corrected chi connectivity index (χ1v) is 7.22. The average molecular weight is 319 g/mol. The van der Waals surface area contributed by atoms with Gasteiger partial charge in [-0.05, 0) is 44.1 Å². The Bertz CT molecular complexity index is 353. The lowest BCUT2D eigenvalue weighted by molar-refractivity contribution is 0.185. The number of hydrogen-bond donors (Lipinski definition) is 0. The summed E-state index contributed by atoms with van der Waals surface area (Å²) in [7, 11) is 0. The summed E-state index contributed by atoms with van der Waals surface area (Å²) in [6.07, 6.45) is 2.19. The molecule has 1 saturated heterocycles. The van der Waals surface area contributed by atoms with Gasteiger partial charge in [-0.2, -0.15) is 0 Å². The van der Waals surface area contributed by atoms with Crippen LogP contribution in [0, 0.1) is 0 Å². The number of hydrogen-bond acceptors (Lipinski definition) is 2. The van der Waals surface area contributed by atoms with E-state index in [0.717, 1.165) is 49.3 Å². The van der Waals surface area contributed by atoms with Crippen molar-refractivity contribution in [3.05, 3.63) is 28.7 Å². The summed E-state index contributed by atoms with van der Waals surface area (Å²) < 4.78 is 6.77. The monoisotopic (exact) mass is 317 g/mol. The maximum absolute atomic E-state index is 6.07. The van der Waals surface area contributed by atoms with E-state index < -0.39 is 0 Å². The third kappa shape index (κ3) is 4.49. The predicted molar refractivity (Wildman–Crippen MR) is 75.0 cm³/mol. The number of likely N-dealkylation sites (tertiary alicyclic amines) is 1. The van der Waals surface area contributed by atoms with Crippen molar-refractivity contribution in [1.82, 2.24) is 4.90 Å². The molecule has 1 aliphatic rings. The molecule has 0 aromatic heterocycles. The third-order valence-electron chi connectivity index (χ3n) is 2.99. The molecule has 0 N–H and O–H groups in total. The van der Waals surface area contributed by atoms with Crippen LogP contribution in [-0.2, 0) is 0 Å². The number of ether oxygens (including phenoxy) is 1. The molecule has 2 nitrogen and oxygen atoms in total. The topological polar surface area (TPSA) is 12.5 Å². The van der Waals surface area contributed by atoms with Crippen LogP contribution in [0.3, 0.4) is 0 Å². The molecule has 0 aliphatic carbocycles. The number of halogens is 2. The molecule has 0 unspecified atom stereocenters. The quantitative estimate of drug-likeness (QED) is 0.788. The van der Waals surface area contributed by atoms with E-state index in [4.69, 9.17) is 16.3 Å². The molecule has 0 amide bonds. The minimum Gasteiger partial charge on any atom is -0.492 e. The molecule has 94 valence electrons. The second-order valence-electron chi connectivity index (χ2n) is 4.32. The zero-order valence-corrected chi connectivity index (χ0v) is 12.1. The molecule has 0 radical (unpaired) electrons. The molecule has 1 aromatic rings. The molecule has 0 bridgehead atoms. The molecule has 4 heteroatoms. The zero-order chi connectivity index (χ0) is 12.1. The SMILES string of the molecule is ClC1CCN(CCOc2cccc(Br)c2)CC1. The summed E-state index contributed by atoms with van der Waals surface area (Å²) in [5, 5.41) is 0.372. The maximum atomic E-state index is 6.07. The standard InChI is InChI=1S/C13H17BrClNO/c14-11-2-1-3-13(10-11)17-9-8-16-6-4-12(15)5-7-16/h1-3,10,12H,4-9H2. The summed E-state index contributed by atoms with van der Waals surface area (Å²) in [5.41, 5.74) is 0. The van der Waals surface area contributed by atoms with Crippen molar-refractivity contribution in [3.8, 4) is 5.75 Å². The molecule has 1 fully saturated rings. The van der Waals surface area contributed by atoms with Gasteiger partial charge in [0.25, 0.3) is 0 Å². The highest BCUT2D eigenvalue weighted by Crippen LogP contribution is 2.18. The van der Waals surface area contributed by atoms with Crippen molar-refractivity contribution in [2.24, 2.45) is 0 Å². The summed E-state index contributed by atoms with van der Waals surface area (Å²) >= 11 is 9.50. The Hall–Kier alpha value is -0.250. The van der Waals surface area contributed by atoms with Crippen LogP contribution in [0.1, 0.15) is 12.8 Å². The van der Waals surface area contributed by atoms with Crippen molar-refractivity contribution < 1.29 is 4.74 Å². The lowest BCUT2D eigenvalue weighted by atomic mass is 10.1. The van der Waals surface area contributed by atoms with Crippen LogP contribution in [0.15, 0.2) is 28.7 Å². The van der Waals surface area contributed by atoms with Gasteiger partial charge >= 0.3 is 0 Å². The fraction of sp³-hybridized carbons (Fsp3) is 0.538. The lowest BCUT2D eigenvalue weighted by Gasteiger charge is -2.28. The summed E-state index contributed by atoms with van der Waals surface area (Å²) in [5.74, 6) is 0.923. The van der Waals surface area contributed by atoms with E-state index in [2.05, 4.69) is 20.8 Å². The van der Waals surface area contributed by atoms with E-state index >= 15 is 0 Å². The second-order valence-corrected chi connectivity index (χ2v) is 5.85. The Labute approximate surface area is 116 Å². The van der Waals surface area contributed by atoms with Crippen LogP contribution in [-0.4, -0.2) is 36.5 Å². The van der Waals surface area contributed by atoms with Crippen LogP contribution in [0.5, 0.6) is 5.75 Å². The molecular weight excluding hydrogens is 302 g/mol. The fourth-order valence-corrected chi connectivity index (χ4v) is 2.55. The number of rotatable bonds is 4. The van der Waals surface area contributed by atoms with Crippen molar-refractivity contribution >= 4 is 27.5 Å². The van der Waals surface area contributed by atoms with E-state index in [9.17, 15) is 0 Å². The Morgan fingerprint density at radius 3 is 2.82 bits per heavy atom. The number of nitrogens with zero attached hydrogens (tertiary/aromatic N) is 1. The molecule has 17 heavy (non-hydrogen) atoms. The molecule has 0 atom stereocenters. The van der Waals surface area contributed by atoms with Gasteiger partial charge in [-0.1, -0.05) is 22.0 Å². The molecule has 2 rings (SSSR count). The molecule has 1 aliphatic heterocycles. The second kappa shape index (κ2) is 6.62. The van der Waals surface area contributed by atoms with Gasteiger partial charge < -0.3 is 4.74 Å². The van der Waals surface area contributed by atoms with Gasteiger partial charge in [0.1, 0.15) is 12.4 Å². The highest BCUT2D eigenvalue weighted by atomic mass is 79.9. The Balaban J connectivity index is 1.69. The summed E-state index contributed by atoms with van der Waals surface area (Å²) in [6, 6.07) is 7.96. The number of alkyl halides is 1. The first kappa shape index (κ1) is 13.2. The van der Waals surface area contributed by atoms with Crippen LogP contribution in [0.4, 0.5) is 0 Å². The molecular formula is C13H17BrClNO. The van der Waals surface area contributed by atoms with Crippen molar-refractivity contribution in [3.63, 3.8) is 0 Å². The van der Waals surface area contributed by atoms with E-state index in [1.165, 1.54) is 0 Å². The van der Waals surface area contributed by atoms with E-state index in [-0.39, 0.29) is 0 Å². The number of piperidine rings is 1. The normalized spacial score (nSPS) is 18.2. The van der Waals surface area contributed by atoms with Crippen molar-refractivity contribution in [2.75, 3.05) is 26.2 Å². The van der Waals surface area contributed by atoms with Crippen molar-refractivity contribution in [2.45, 2.75) is 18.2 Å². The third-order valence-corrected chi connectivity index (χ3v) is 3.92. The van der Waals surface area contributed by atoms with Crippen LogP contribution >= 0.6 is 27.5 Å². The average Bonchev–Trinajstić information content (AvgIpc) is 2.32. The minimum absolute atomic E-state index is 0.372. The van der Waals surface area contributed by atoms with Gasteiger partial charge in [-0.3, -0.25) is 4.90 Å². The van der Waals surface area contributed by atoms with Gasteiger partial charge in [0.15, 0.2) is 0 Å². The Morgan fingerprint density at radius 1 is 1.35 bits per heavy atom. The first-order valence-electron chi connectivity index (χ1n) is 5.99. The summed E-state index contributed by atoms with van der Waals surface area (Å²) in [6.45, 7) is 3.91. The summed E-state index contributed by atoms with van der Waals surface area (Å²) in [4.78, 5) is 2.41. The fourth-order valence-electron chi connectivity index (χ4n) is 1.97. The number of benzene rings is 1. The van der Waals surface area contributed by atoms with Gasteiger partial charge in [0.2, 0.25) is 0 Å². The highest BCUT2D eigenvalue weighted by Gasteiger charge is 2.16. The molecule has 0 saturated carbocycles. The maximum Gasteiger partial charge on any atom is 0.120 e. The smallest absolute Gasteiger partial charge is 0.120 e. The molecule has 0 spiro atoms. The van der Waals surface area contributed by atoms with Crippen LogP contribution in [0.25, 0.3) is 0 Å². The van der Waals surface area contributed by atoms with E-state index in [1.807, 2.05) is 24.3 Å². The van der Waals surface area contributed by atoms with Crippen LogP contribution in [0.2, 0.25) is 0 Å². The molecule has 1 aromatic carbocycles. The van der Waals surface area contributed by atoms with Crippen molar-refractivity contribution in [1.29, 1.82) is 0 Å². The largest absolute Gasteiger partial charge is 0.492 e. The van der Waals surface area contributed by atoms with Gasteiger partial charge in [0.05, 0.1) is 0 Å². The molecule has 1 heterocycles. The highest BCUT2D eigenvalue weighted by molar-refractivity contribution is 9.10. The van der Waals surface area contributed by atoms with Crippen LogP contribution < -0.4 is 4.74 Å². The van der Waals surface area contributed by atoms with E-state index in [0.29, 0.717) is 5.38 Å². The van der Waals surface area contributed by atoms with Gasteiger partial charge in [0, 0.05) is 16.4 Å². The Morgan fingerprint density at radius 2 is 2.12 bits per heavy atom. The van der Waals surface area contributed by atoms with E-state index in [1.54, 1.807) is 0 Å².